The van der Waals surface area contributed by atoms with E-state index in [1.54, 1.807) is 36.4 Å². The normalized spacial score (nSPS) is 18.0. The number of methoxy groups -OCH3 is 1. The van der Waals surface area contributed by atoms with Crippen LogP contribution in [0, 0.1) is 0 Å². The van der Waals surface area contributed by atoms with E-state index in [4.69, 9.17) is 19.0 Å². The van der Waals surface area contributed by atoms with E-state index in [1.165, 1.54) is 19.2 Å². The first-order chi connectivity index (χ1) is 13.0. The van der Waals surface area contributed by atoms with Gasteiger partial charge in [0, 0.05) is 0 Å². The zero-order valence-corrected chi connectivity index (χ0v) is 14.2. The minimum absolute atomic E-state index is 0.0954. The van der Waals surface area contributed by atoms with E-state index in [0.717, 1.165) is 0 Å². The second-order valence-electron chi connectivity index (χ2n) is 6.09. The molecule has 27 heavy (non-hydrogen) atoms. The lowest BCUT2D eigenvalue weighted by Crippen LogP contribution is -2.31. The van der Waals surface area contributed by atoms with Crippen LogP contribution in [0.25, 0.3) is 11.0 Å². The van der Waals surface area contributed by atoms with Crippen LogP contribution in [0.3, 0.4) is 0 Å². The number of aromatic carboxylic acids is 1. The summed E-state index contributed by atoms with van der Waals surface area (Å²) in [6.45, 7) is 0. The summed E-state index contributed by atoms with van der Waals surface area (Å²) < 4.78 is 16.1. The van der Waals surface area contributed by atoms with Gasteiger partial charge in [0.25, 0.3) is 0 Å². The van der Waals surface area contributed by atoms with Crippen molar-refractivity contribution in [3.8, 4) is 5.75 Å². The molecule has 0 unspecified atom stereocenters. The molecule has 0 saturated heterocycles. The van der Waals surface area contributed by atoms with Crippen molar-refractivity contribution in [1.82, 2.24) is 0 Å². The molecule has 2 aromatic carbocycles. The predicted octanol–water partition coefficient (Wildman–Crippen LogP) is 2.56. The van der Waals surface area contributed by atoms with Crippen LogP contribution >= 0.6 is 0 Å². The van der Waals surface area contributed by atoms with Gasteiger partial charge in [0.1, 0.15) is 11.3 Å². The second-order valence-corrected chi connectivity index (χ2v) is 6.09. The first kappa shape index (κ1) is 16.8. The van der Waals surface area contributed by atoms with Gasteiger partial charge in [-0.1, -0.05) is 24.3 Å². The molecule has 2 heterocycles. The van der Waals surface area contributed by atoms with Crippen molar-refractivity contribution >= 4 is 22.9 Å². The third-order valence-corrected chi connectivity index (χ3v) is 4.61. The minimum atomic E-state index is -1.07. The molecule has 1 N–H and O–H groups in total. The molecule has 1 aromatic heterocycles. The highest BCUT2D eigenvalue weighted by atomic mass is 16.6. The van der Waals surface area contributed by atoms with E-state index in [-0.39, 0.29) is 16.9 Å². The van der Waals surface area contributed by atoms with Gasteiger partial charge in [-0.25, -0.2) is 14.4 Å². The number of carbonyl (C=O) groups is 2. The van der Waals surface area contributed by atoms with Gasteiger partial charge < -0.3 is 19.0 Å². The SMILES string of the molecule is COC(=O)[C@H]1Oc2c(c(=O)oc3ccccc23)[C@@H]1c1ccc(C(=O)O)cc1. The molecule has 0 bridgehead atoms. The predicted molar refractivity (Wildman–Crippen MR) is 94.2 cm³/mol. The first-order valence-corrected chi connectivity index (χ1v) is 8.14. The van der Waals surface area contributed by atoms with Gasteiger partial charge >= 0.3 is 17.6 Å². The van der Waals surface area contributed by atoms with Crippen LogP contribution in [-0.2, 0) is 9.53 Å². The highest BCUT2D eigenvalue weighted by Gasteiger charge is 2.44. The number of hydrogen-bond acceptors (Lipinski definition) is 6. The Morgan fingerprint density at radius 1 is 1.07 bits per heavy atom. The number of carboxylic acid groups (broad SMARTS) is 1. The minimum Gasteiger partial charge on any atom is -0.478 e. The van der Waals surface area contributed by atoms with Crippen LogP contribution in [0.15, 0.2) is 57.7 Å². The second kappa shape index (κ2) is 6.28. The largest absolute Gasteiger partial charge is 0.478 e. The fourth-order valence-electron chi connectivity index (χ4n) is 3.35. The molecule has 1 aliphatic rings. The van der Waals surface area contributed by atoms with E-state index in [1.807, 2.05) is 0 Å². The zero-order valence-electron chi connectivity index (χ0n) is 14.2. The Bertz CT molecular complexity index is 1110. The summed E-state index contributed by atoms with van der Waals surface area (Å²) in [6, 6.07) is 12.8. The van der Waals surface area contributed by atoms with Gasteiger partial charge in [-0.2, -0.15) is 0 Å². The third kappa shape index (κ3) is 2.64. The van der Waals surface area contributed by atoms with Crippen molar-refractivity contribution in [3.05, 3.63) is 75.6 Å². The molecule has 0 spiro atoms. The molecule has 7 heteroatoms. The van der Waals surface area contributed by atoms with Crippen molar-refractivity contribution < 1.29 is 28.6 Å². The summed E-state index contributed by atoms with van der Waals surface area (Å²) in [7, 11) is 1.24. The molecular formula is C20H14O7. The van der Waals surface area contributed by atoms with E-state index < -0.39 is 29.6 Å². The molecule has 136 valence electrons. The Labute approximate surface area is 152 Å². The zero-order chi connectivity index (χ0) is 19.1. The van der Waals surface area contributed by atoms with Crippen molar-refractivity contribution in [3.63, 3.8) is 0 Å². The summed E-state index contributed by atoms with van der Waals surface area (Å²) in [5.74, 6) is -2.19. The molecule has 2 atom stereocenters. The van der Waals surface area contributed by atoms with Gasteiger partial charge in [0.2, 0.25) is 6.10 Å². The maximum Gasteiger partial charge on any atom is 0.348 e. The van der Waals surface area contributed by atoms with E-state index in [9.17, 15) is 14.4 Å². The fourth-order valence-corrected chi connectivity index (χ4v) is 3.35. The van der Waals surface area contributed by atoms with Gasteiger partial charge in [-0.15, -0.1) is 0 Å². The number of hydrogen-bond donors (Lipinski definition) is 1. The summed E-state index contributed by atoms with van der Waals surface area (Å²) >= 11 is 0. The van der Waals surface area contributed by atoms with E-state index in [0.29, 0.717) is 16.5 Å². The molecule has 4 rings (SSSR count). The van der Waals surface area contributed by atoms with Gasteiger partial charge in [0.05, 0.1) is 29.5 Å². The number of esters is 1. The Morgan fingerprint density at radius 2 is 1.78 bits per heavy atom. The highest BCUT2D eigenvalue weighted by Crippen LogP contribution is 2.44. The number of carboxylic acids is 1. The number of benzene rings is 2. The van der Waals surface area contributed by atoms with E-state index >= 15 is 0 Å². The highest BCUT2D eigenvalue weighted by molar-refractivity contribution is 5.89. The maximum absolute atomic E-state index is 12.6. The van der Waals surface area contributed by atoms with Crippen LogP contribution in [0.5, 0.6) is 5.75 Å². The first-order valence-electron chi connectivity index (χ1n) is 8.14. The number of carbonyl (C=O) groups excluding carboxylic acids is 1. The molecule has 7 nitrogen and oxygen atoms in total. The Morgan fingerprint density at radius 3 is 2.44 bits per heavy atom. The molecule has 0 saturated carbocycles. The Balaban J connectivity index is 1.93. The quantitative estimate of drug-likeness (QED) is 0.561. The third-order valence-electron chi connectivity index (χ3n) is 4.61. The van der Waals surface area contributed by atoms with Gasteiger partial charge in [-0.3, -0.25) is 0 Å². The van der Waals surface area contributed by atoms with Crippen LogP contribution in [0.4, 0.5) is 0 Å². The Hall–Kier alpha value is -3.61. The summed E-state index contributed by atoms with van der Waals surface area (Å²) in [5, 5.41) is 9.65. The average molecular weight is 366 g/mol. The van der Waals surface area contributed by atoms with Gasteiger partial charge in [0.15, 0.2) is 0 Å². The van der Waals surface area contributed by atoms with Crippen molar-refractivity contribution in [2.45, 2.75) is 12.0 Å². The molecular weight excluding hydrogens is 352 g/mol. The lowest BCUT2D eigenvalue weighted by molar-refractivity contribution is -0.148. The summed E-state index contributed by atoms with van der Waals surface area (Å²) in [5.41, 5.74) is 0.608. The lowest BCUT2D eigenvalue weighted by Gasteiger charge is -2.16. The van der Waals surface area contributed by atoms with Crippen LogP contribution < -0.4 is 10.4 Å². The standard InChI is InChI=1S/C20H14O7/c1-25-20(24)17-14(10-6-8-11(9-7-10)18(21)22)15-16(27-17)12-4-2-3-5-13(12)26-19(15)23/h2-9,14,17H,1H3,(H,21,22)/t14-,17-/m0/s1. The van der Waals surface area contributed by atoms with Crippen LogP contribution in [0.2, 0.25) is 0 Å². The maximum atomic E-state index is 12.6. The number of para-hydroxylation sites is 1. The van der Waals surface area contributed by atoms with Crippen molar-refractivity contribution in [2.24, 2.45) is 0 Å². The molecule has 0 fully saturated rings. The Kier molecular flexibility index (Phi) is 3.92. The monoisotopic (exact) mass is 366 g/mol. The van der Waals surface area contributed by atoms with Gasteiger partial charge in [-0.05, 0) is 29.8 Å². The molecule has 0 amide bonds. The van der Waals surface area contributed by atoms with Crippen LogP contribution in [0.1, 0.15) is 27.4 Å². The number of rotatable bonds is 3. The van der Waals surface area contributed by atoms with Crippen LogP contribution in [-0.4, -0.2) is 30.3 Å². The number of fused-ring (bicyclic) bond motifs is 3. The van der Waals surface area contributed by atoms with Crippen molar-refractivity contribution in [1.29, 1.82) is 0 Å². The molecule has 0 aliphatic carbocycles. The molecule has 0 radical (unpaired) electrons. The lowest BCUT2D eigenvalue weighted by atomic mass is 9.88. The summed E-state index contributed by atoms with van der Waals surface area (Å²) in [6.07, 6.45) is -1.07. The fraction of sp³-hybridized carbons (Fsp3) is 0.150. The van der Waals surface area contributed by atoms with E-state index in [2.05, 4.69) is 0 Å². The molecule has 3 aromatic rings. The topological polar surface area (TPSA) is 103 Å². The molecule has 1 aliphatic heterocycles. The number of ether oxygens (including phenoxy) is 2. The average Bonchev–Trinajstić information content (AvgIpc) is 3.09. The van der Waals surface area contributed by atoms with Crippen molar-refractivity contribution in [2.75, 3.05) is 7.11 Å². The summed E-state index contributed by atoms with van der Waals surface area (Å²) in [4.78, 5) is 36.0. The smallest absolute Gasteiger partial charge is 0.348 e.